The van der Waals surface area contributed by atoms with Crippen LogP contribution in [-0.4, -0.2) is 16.7 Å². The Bertz CT molecular complexity index is 852. The van der Waals surface area contributed by atoms with Gasteiger partial charge >= 0.3 is 0 Å². The Kier molecular flexibility index (Phi) is 6.65. The number of nitrogens with one attached hydrogen (secondary N) is 3. The van der Waals surface area contributed by atoms with Gasteiger partial charge in [0.05, 0.1) is 17.4 Å². The number of rotatable bonds is 8. The predicted molar refractivity (Wildman–Crippen MR) is 100 cm³/mol. The van der Waals surface area contributed by atoms with Crippen LogP contribution in [0.1, 0.15) is 35.3 Å². The largest absolute Gasteiger partial charge is 0.345 e. The zero-order valence-corrected chi connectivity index (χ0v) is 14.8. The van der Waals surface area contributed by atoms with Gasteiger partial charge in [-0.15, -0.1) is 0 Å². The Morgan fingerprint density at radius 2 is 1.81 bits per heavy atom. The van der Waals surface area contributed by atoms with E-state index in [2.05, 4.69) is 22.7 Å². The third-order valence-electron chi connectivity index (χ3n) is 3.63. The Hall–Kier alpha value is -3.68. The third-order valence-corrected chi connectivity index (χ3v) is 3.63. The normalized spacial score (nSPS) is 11.1. The zero-order chi connectivity index (χ0) is 19.8. The van der Waals surface area contributed by atoms with Gasteiger partial charge in [-0.2, -0.15) is 0 Å². The molecule has 8 nitrogen and oxygen atoms in total. The molecule has 3 N–H and O–H groups in total. The lowest BCUT2D eigenvalue weighted by Gasteiger charge is -2.19. The number of allylic oxidation sites excluding steroid dienone is 1. The van der Waals surface area contributed by atoms with Crippen molar-refractivity contribution in [2.45, 2.75) is 19.4 Å². The van der Waals surface area contributed by atoms with Crippen molar-refractivity contribution < 1.29 is 14.5 Å². The number of nitrogens with zero attached hydrogens (tertiary/aromatic N) is 1. The van der Waals surface area contributed by atoms with Gasteiger partial charge in [0.25, 0.3) is 11.6 Å². The van der Waals surface area contributed by atoms with Gasteiger partial charge in [0.2, 0.25) is 5.91 Å². The molecule has 8 heteroatoms. The molecule has 0 fully saturated rings. The van der Waals surface area contributed by atoms with Gasteiger partial charge in [0.15, 0.2) is 0 Å². The summed E-state index contributed by atoms with van der Waals surface area (Å²) in [5.74, 6) is -0.782. The van der Waals surface area contributed by atoms with E-state index in [4.69, 9.17) is 0 Å². The molecule has 0 aliphatic heterocycles. The lowest BCUT2D eigenvalue weighted by molar-refractivity contribution is -0.384. The second-order valence-electron chi connectivity index (χ2n) is 5.90. The van der Waals surface area contributed by atoms with E-state index in [0.29, 0.717) is 16.8 Å². The number of carbonyl (C=O) groups is 2. The van der Waals surface area contributed by atoms with E-state index in [-0.39, 0.29) is 18.0 Å². The SMILES string of the molecule is C=C(C)NNC(=O)C[C@@H](NC(=O)c1ccccc1)c1cccc([N+](=O)[O-])c1. The number of benzene rings is 2. The van der Waals surface area contributed by atoms with Gasteiger partial charge < -0.3 is 10.7 Å². The first-order valence-corrected chi connectivity index (χ1v) is 8.17. The molecule has 0 aliphatic rings. The minimum absolute atomic E-state index is 0.111. The summed E-state index contributed by atoms with van der Waals surface area (Å²) in [5.41, 5.74) is 6.37. The minimum Gasteiger partial charge on any atom is -0.345 e. The van der Waals surface area contributed by atoms with Crippen LogP contribution in [0.25, 0.3) is 0 Å². The fraction of sp³-hybridized carbons (Fsp3) is 0.158. The fourth-order valence-electron chi connectivity index (χ4n) is 2.35. The van der Waals surface area contributed by atoms with Gasteiger partial charge in [0, 0.05) is 23.4 Å². The van der Waals surface area contributed by atoms with Crippen LogP contribution in [0.5, 0.6) is 0 Å². The number of hydrogen-bond donors (Lipinski definition) is 3. The van der Waals surface area contributed by atoms with Gasteiger partial charge in [-0.1, -0.05) is 36.9 Å². The molecule has 1 atom stereocenters. The average Bonchev–Trinajstić information content (AvgIpc) is 2.66. The van der Waals surface area contributed by atoms with Crippen LogP contribution < -0.4 is 16.2 Å². The molecule has 2 amide bonds. The summed E-state index contributed by atoms with van der Waals surface area (Å²) in [7, 11) is 0. The number of non-ortho nitro benzene ring substituents is 1. The summed E-state index contributed by atoms with van der Waals surface area (Å²) >= 11 is 0. The molecule has 0 unspecified atom stereocenters. The van der Waals surface area contributed by atoms with Gasteiger partial charge in [-0.05, 0) is 24.6 Å². The molecule has 0 spiro atoms. The smallest absolute Gasteiger partial charge is 0.269 e. The monoisotopic (exact) mass is 368 g/mol. The molecular weight excluding hydrogens is 348 g/mol. The summed E-state index contributed by atoms with van der Waals surface area (Å²) in [4.78, 5) is 35.2. The van der Waals surface area contributed by atoms with Crippen LogP contribution in [0.3, 0.4) is 0 Å². The molecule has 2 aromatic rings. The molecule has 0 radical (unpaired) electrons. The van der Waals surface area contributed by atoms with Crippen LogP contribution in [0.4, 0.5) is 5.69 Å². The summed E-state index contributed by atoms with van der Waals surface area (Å²) in [6.07, 6.45) is -0.111. The Morgan fingerprint density at radius 3 is 2.44 bits per heavy atom. The highest BCUT2D eigenvalue weighted by Crippen LogP contribution is 2.22. The molecule has 0 bridgehead atoms. The Balaban J connectivity index is 2.23. The maximum Gasteiger partial charge on any atom is 0.269 e. The van der Waals surface area contributed by atoms with Crippen LogP contribution in [-0.2, 0) is 4.79 Å². The molecule has 2 rings (SSSR count). The minimum atomic E-state index is -0.746. The van der Waals surface area contributed by atoms with E-state index >= 15 is 0 Å². The Morgan fingerprint density at radius 1 is 1.11 bits per heavy atom. The number of carbonyl (C=O) groups excluding carboxylic acids is 2. The number of hydrazine groups is 1. The highest BCUT2D eigenvalue weighted by atomic mass is 16.6. The van der Waals surface area contributed by atoms with E-state index in [9.17, 15) is 19.7 Å². The summed E-state index contributed by atoms with van der Waals surface area (Å²) in [6.45, 7) is 5.29. The van der Waals surface area contributed by atoms with Crippen LogP contribution in [0.15, 0.2) is 66.9 Å². The highest BCUT2D eigenvalue weighted by molar-refractivity contribution is 5.94. The number of hydrogen-bond acceptors (Lipinski definition) is 5. The number of nitro benzene ring substituents is 1. The van der Waals surface area contributed by atoms with Gasteiger partial charge in [-0.3, -0.25) is 25.1 Å². The molecule has 140 valence electrons. The van der Waals surface area contributed by atoms with E-state index in [1.807, 2.05) is 0 Å². The van der Waals surface area contributed by atoms with Crippen LogP contribution in [0.2, 0.25) is 0 Å². The lowest BCUT2D eigenvalue weighted by atomic mass is 10.0. The summed E-state index contributed by atoms with van der Waals surface area (Å²) in [5, 5.41) is 13.8. The van der Waals surface area contributed by atoms with Crippen LogP contribution >= 0.6 is 0 Å². The first-order valence-electron chi connectivity index (χ1n) is 8.17. The Labute approximate surface area is 156 Å². The highest BCUT2D eigenvalue weighted by Gasteiger charge is 2.21. The molecule has 0 aromatic heterocycles. The van der Waals surface area contributed by atoms with Crippen molar-refractivity contribution in [2.75, 3.05) is 0 Å². The summed E-state index contributed by atoms with van der Waals surface area (Å²) < 4.78 is 0. The van der Waals surface area contributed by atoms with E-state index in [0.717, 1.165) is 0 Å². The van der Waals surface area contributed by atoms with Crippen molar-refractivity contribution in [3.63, 3.8) is 0 Å². The van der Waals surface area contributed by atoms with Crippen molar-refractivity contribution >= 4 is 17.5 Å². The van der Waals surface area contributed by atoms with Crippen molar-refractivity contribution in [3.8, 4) is 0 Å². The van der Waals surface area contributed by atoms with Gasteiger partial charge in [-0.25, -0.2) is 0 Å². The lowest BCUT2D eigenvalue weighted by Crippen LogP contribution is -2.39. The van der Waals surface area contributed by atoms with E-state index in [1.54, 1.807) is 43.3 Å². The first-order chi connectivity index (χ1) is 12.9. The molecule has 0 heterocycles. The third kappa shape index (κ3) is 5.96. The molecule has 2 aromatic carbocycles. The number of nitro groups is 1. The predicted octanol–water partition coefficient (Wildman–Crippen LogP) is 2.61. The molecule has 0 saturated heterocycles. The molecule has 0 aliphatic carbocycles. The van der Waals surface area contributed by atoms with Gasteiger partial charge in [0.1, 0.15) is 0 Å². The number of amides is 2. The molecular formula is C19H20N4O4. The van der Waals surface area contributed by atoms with E-state index < -0.39 is 16.9 Å². The molecule has 0 saturated carbocycles. The average molecular weight is 368 g/mol. The van der Waals surface area contributed by atoms with Crippen molar-refractivity contribution in [1.82, 2.24) is 16.2 Å². The second-order valence-corrected chi connectivity index (χ2v) is 5.90. The second kappa shape index (κ2) is 9.14. The first kappa shape index (κ1) is 19.6. The standard InChI is InChI=1S/C19H20N4O4/c1-13(2)21-22-18(24)12-17(15-9-6-10-16(11-15)23(26)27)20-19(25)14-7-4-3-5-8-14/h3-11,17,21H,1,12H2,2H3,(H,20,25)(H,22,24)/t17-/m1/s1. The van der Waals surface area contributed by atoms with Crippen molar-refractivity contribution in [1.29, 1.82) is 0 Å². The maximum atomic E-state index is 12.5. The topological polar surface area (TPSA) is 113 Å². The van der Waals surface area contributed by atoms with Crippen molar-refractivity contribution in [3.05, 3.63) is 88.1 Å². The summed E-state index contributed by atoms with van der Waals surface area (Å²) in [6, 6.07) is 13.6. The maximum absolute atomic E-state index is 12.5. The van der Waals surface area contributed by atoms with Crippen molar-refractivity contribution in [2.24, 2.45) is 0 Å². The molecule has 27 heavy (non-hydrogen) atoms. The van der Waals surface area contributed by atoms with Crippen LogP contribution in [0, 0.1) is 10.1 Å². The fourth-order valence-corrected chi connectivity index (χ4v) is 2.35. The quantitative estimate of drug-likeness (QED) is 0.490. The van der Waals surface area contributed by atoms with E-state index in [1.165, 1.54) is 18.2 Å². The zero-order valence-electron chi connectivity index (χ0n) is 14.8.